The van der Waals surface area contributed by atoms with Crippen molar-refractivity contribution in [3.05, 3.63) is 59.7 Å². The van der Waals surface area contributed by atoms with E-state index in [-0.39, 0.29) is 12.3 Å². The van der Waals surface area contributed by atoms with E-state index < -0.39 is 5.97 Å². The van der Waals surface area contributed by atoms with Gasteiger partial charge < -0.3 is 19.4 Å². The highest BCUT2D eigenvalue weighted by molar-refractivity contribution is 6.42. The lowest BCUT2D eigenvalue weighted by Gasteiger charge is -2.12. The Morgan fingerprint density at radius 1 is 1.04 bits per heavy atom. The number of ether oxygens (including phenoxy) is 2. The van der Waals surface area contributed by atoms with Crippen LogP contribution in [0.3, 0.4) is 0 Å². The molecule has 0 bridgehead atoms. The number of carboxylic acids is 1. The third-order valence-corrected chi connectivity index (χ3v) is 3.11. The maximum atomic E-state index is 11.3. The van der Waals surface area contributed by atoms with Crippen molar-refractivity contribution in [2.45, 2.75) is 6.61 Å². The molecule has 0 heterocycles. The number of methoxy groups -OCH3 is 1. The Labute approximate surface area is 133 Å². The van der Waals surface area contributed by atoms with E-state index in [1.807, 2.05) is 12.1 Å². The zero-order chi connectivity index (χ0) is 16.7. The van der Waals surface area contributed by atoms with Gasteiger partial charge in [-0.1, -0.05) is 41.6 Å². The van der Waals surface area contributed by atoms with Crippen LogP contribution in [0.2, 0.25) is 0 Å². The van der Waals surface area contributed by atoms with Crippen LogP contribution in [0, 0.1) is 0 Å². The lowest BCUT2D eigenvalue weighted by atomic mass is 10.0. The minimum absolute atomic E-state index is 0.173. The van der Waals surface area contributed by atoms with Gasteiger partial charge in [-0.25, -0.2) is 4.79 Å². The molecule has 0 saturated heterocycles. The first-order valence-electron chi connectivity index (χ1n) is 6.86. The normalized spacial score (nSPS) is 11.0. The monoisotopic (exact) mass is 315 g/mol. The maximum Gasteiger partial charge on any atom is 0.358 e. The number of para-hydroxylation sites is 2. The van der Waals surface area contributed by atoms with E-state index in [2.05, 4.69) is 9.99 Å². The van der Waals surface area contributed by atoms with Crippen molar-refractivity contribution >= 4 is 11.7 Å². The van der Waals surface area contributed by atoms with Crippen LogP contribution in [0.15, 0.2) is 53.7 Å². The maximum absolute atomic E-state index is 11.3. The van der Waals surface area contributed by atoms with Crippen molar-refractivity contribution in [2.24, 2.45) is 5.16 Å². The van der Waals surface area contributed by atoms with Gasteiger partial charge in [-0.05, 0) is 17.7 Å². The van der Waals surface area contributed by atoms with Crippen LogP contribution in [0.5, 0.6) is 11.5 Å². The number of aliphatic carboxylic acids is 1. The number of hydrogen-bond donors (Lipinski definition) is 1. The van der Waals surface area contributed by atoms with Gasteiger partial charge in [0.25, 0.3) is 0 Å². The summed E-state index contributed by atoms with van der Waals surface area (Å²) < 4.78 is 11.0. The molecule has 1 N–H and O–H groups in total. The standard InChI is InChI=1S/C17H17NO5/c1-21-14-9-5-6-10-15(14)23-11-12-7-3-4-8-13(12)16(17(19)20)18-22-2/h3-10H,11H2,1-2H3,(H,19,20). The summed E-state index contributed by atoms with van der Waals surface area (Å²) in [4.78, 5) is 16.0. The van der Waals surface area contributed by atoms with Crippen LogP contribution in [-0.2, 0) is 16.2 Å². The van der Waals surface area contributed by atoms with E-state index in [0.29, 0.717) is 22.6 Å². The topological polar surface area (TPSA) is 77.4 Å². The Bertz CT molecular complexity index is 712. The molecular weight excluding hydrogens is 298 g/mol. The number of oxime groups is 1. The van der Waals surface area contributed by atoms with E-state index in [1.54, 1.807) is 43.5 Å². The number of carboxylic acid groups (broad SMARTS) is 1. The molecule has 0 atom stereocenters. The lowest BCUT2D eigenvalue weighted by molar-refractivity contribution is -0.129. The van der Waals surface area contributed by atoms with Crippen LogP contribution >= 0.6 is 0 Å². The van der Waals surface area contributed by atoms with E-state index in [9.17, 15) is 9.90 Å². The van der Waals surface area contributed by atoms with Crippen LogP contribution < -0.4 is 9.47 Å². The molecule has 0 spiro atoms. The number of hydrogen-bond acceptors (Lipinski definition) is 5. The second kappa shape index (κ2) is 7.84. The predicted octanol–water partition coefficient (Wildman–Crippen LogP) is 2.71. The van der Waals surface area contributed by atoms with E-state index >= 15 is 0 Å². The summed E-state index contributed by atoms with van der Waals surface area (Å²) in [5, 5.41) is 12.9. The Morgan fingerprint density at radius 3 is 2.35 bits per heavy atom. The first-order valence-corrected chi connectivity index (χ1v) is 6.86. The fourth-order valence-corrected chi connectivity index (χ4v) is 2.07. The smallest absolute Gasteiger partial charge is 0.358 e. The second-order valence-corrected chi connectivity index (χ2v) is 4.52. The van der Waals surface area contributed by atoms with Gasteiger partial charge in [0.15, 0.2) is 17.2 Å². The summed E-state index contributed by atoms with van der Waals surface area (Å²) in [5.41, 5.74) is 0.945. The van der Waals surface area contributed by atoms with Crippen molar-refractivity contribution in [3.8, 4) is 11.5 Å². The zero-order valence-electron chi connectivity index (χ0n) is 12.9. The van der Waals surface area contributed by atoms with Gasteiger partial charge in [0.2, 0.25) is 0 Å². The quantitative estimate of drug-likeness (QED) is 0.628. The summed E-state index contributed by atoms with van der Waals surface area (Å²) in [5.74, 6) is 0.0101. The molecule has 2 aromatic carbocycles. The molecule has 6 nitrogen and oxygen atoms in total. The predicted molar refractivity (Wildman–Crippen MR) is 84.9 cm³/mol. The molecule has 2 rings (SSSR count). The molecule has 6 heteroatoms. The van der Waals surface area contributed by atoms with Crippen molar-refractivity contribution in [2.75, 3.05) is 14.2 Å². The first kappa shape index (κ1) is 16.4. The SMILES string of the molecule is CON=C(C(=O)O)c1ccccc1COc1ccccc1OC. The fraction of sp³-hybridized carbons (Fsp3) is 0.176. The minimum Gasteiger partial charge on any atom is -0.493 e. The molecule has 0 aliphatic heterocycles. The summed E-state index contributed by atoms with van der Waals surface area (Å²) in [6.45, 7) is 0.173. The van der Waals surface area contributed by atoms with Crippen molar-refractivity contribution in [1.82, 2.24) is 0 Å². The Balaban J connectivity index is 2.27. The van der Waals surface area contributed by atoms with Crippen LogP contribution in [0.25, 0.3) is 0 Å². The van der Waals surface area contributed by atoms with E-state index in [0.717, 1.165) is 0 Å². The van der Waals surface area contributed by atoms with Gasteiger partial charge in [0.05, 0.1) is 7.11 Å². The van der Waals surface area contributed by atoms with E-state index in [4.69, 9.17) is 9.47 Å². The van der Waals surface area contributed by atoms with Crippen LogP contribution in [-0.4, -0.2) is 31.0 Å². The van der Waals surface area contributed by atoms with Gasteiger partial charge in [-0.3, -0.25) is 0 Å². The molecule has 0 radical (unpaired) electrons. The van der Waals surface area contributed by atoms with Crippen molar-refractivity contribution in [1.29, 1.82) is 0 Å². The van der Waals surface area contributed by atoms with Crippen molar-refractivity contribution < 1.29 is 24.2 Å². The largest absolute Gasteiger partial charge is 0.493 e. The Hall–Kier alpha value is -3.02. The average molecular weight is 315 g/mol. The number of rotatable bonds is 7. The molecule has 2 aromatic rings. The minimum atomic E-state index is -1.17. The molecular formula is C17H17NO5. The summed E-state index contributed by atoms with van der Waals surface area (Å²) >= 11 is 0. The summed E-state index contributed by atoms with van der Waals surface area (Å²) in [6.07, 6.45) is 0. The summed E-state index contributed by atoms with van der Waals surface area (Å²) in [7, 11) is 2.86. The van der Waals surface area contributed by atoms with E-state index in [1.165, 1.54) is 7.11 Å². The third kappa shape index (κ3) is 4.00. The van der Waals surface area contributed by atoms with Gasteiger partial charge in [0, 0.05) is 5.56 Å². The van der Waals surface area contributed by atoms with Crippen LogP contribution in [0.1, 0.15) is 11.1 Å². The molecule has 0 aromatic heterocycles. The highest BCUT2D eigenvalue weighted by Gasteiger charge is 2.17. The zero-order valence-corrected chi connectivity index (χ0v) is 12.9. The fourth-order valence-electron chi connectivity index (χ4n) is 2.07. The van der Waals surface area contributed by atoms with Gasteiger partial charge >= 0.3 is 5.97 Å². The first-order chi connectivity index (χ1) is 11.2. The molecule has 0 aliphatic carbocycles. The molecule has 0 amide bonds. The number of benzene rings is 2. The summed E-state index contributed by atoms with van der Waals surface area (Å²) in [6, 6.07) is 14.2. The van der Waals surface area contributed by atoms with Gasteiger partial charge in [-0.15, -0.1) is 0 Å². The molecule has 0 fully saturated rings. The van der Waals surface area contributed by atoms with Crippen molar-refractivity contribution in [3.63, 3.8) is 0 Å². The van der Waals surface area contributed by atoms with Gasteiger partial charge in [0.1, 0.15) is 13.7 Å². The third-order valence-electron chi connectivity index (χ3n) is 3.11. The highest BCUT2D eigenvalue weighted by atomic mass is 16.6. The van der Waals surface area contributed by atoms with Gasteiger partial charge in [-0.2, -0.15) is 0 Å². The second-order valence-electron chi connectivity index (χ2n) is 4.52. The molecule has 23 heavy (non-hydrogen) atoms. The Kier molecular flexibility index (Phi) is 5.57. The number of carbonyl (C=O) groups is 1. The molecule has 0 unspecified atom stereocenters. The molecule has 120 valence electrons. The molecule has 0 saturated carbocycles. The van der Waals surface area contributed by atoms with Crippen LogP contribution in [0.4, 0.5) is 0 Å². The highest BCUT2D eigenvalue weighted by Crippen LogP contribution is 2.27. The lowest BCUT2D eigenvalue weighted by Crippen LogP contribution is -2.17. The number of nitrogens with zero attached hydrogens (tertiary/aromatic N) is 1. The molecule has 0 aliphatic rings. The average Bonchev–Trinajstić information content (AvgIpc) is 2.58. The Morgan fingerprint density at radius 2 is 1.70 bits per heavy atom.